The number of carboxylic acids is 1. The Kier molecular flexibility index (Phi) is 9.99. The van der Waals surface area contributed by atoms with E-state index in [-0.39, 0.29) is 23.6 Å². The number of hydrogen-bond acceptors (Lipinski definition) is 5. The van der Waals surface area contributed by atoms with Crippen LogP contribution in [0.1, 0.15) is 53.2 Å². The predicted molar refractivity (Wildman–Crippen MR) is 158 cm³/mol. The zero-order valence-electron chi connectivity index (χ0n) is 23.3. The van der Waals surface area contributed by atoms with Crippen LogP contribution in [-0.4, -0.2) is 52.6 Å². The van der Waals surface area contributed by atoms with Gasteiger partial charge in [-0.3, -0.25) is 24.0 Å². The highest BCUT2D eigenvalue weighted by Crippen LogP contribution is 2.21. The van der Waals surface area contributed by atoms with Crippen LogP contribution in [0.2, 0.25) is 0 Å². The van der Waals surface area contributed by atoms with E-state index in [4.69, 9.17) is 5.11 Å². The van der Waals surface area contributed by atoms with Gasteiger partial charge in [-0.25, -0.2) is 0 Å². The maximum atomic E-state index is 13.5. The van der Waals surface area contributed by atoms with Gasteiger partial charge < -0.3 is 20.6 Å². The van der Waals surface area contributed by atoms with Crippen LogP contribution < -0.4 is 10.6 Å². The van der Waals surface area contributed by atoms with E-state index in [0.717, 1.165) is 29.5 Å². The molecule has 0 aliphatic carbocycles. The molecule has 1 heterocycles. The Hall–Kier alpha value is -5.05. The average molecular weight is 568 g/mol. The minimum absolute atomic E-state index is 0.0922. The first-order valence-electron chi connectivity index (χ1n) is 13.8. The fourth-order valence-electron chi connectivity index (χ4n) is 4.94. The molecule has 3 amide bonds. The van der Waals surface area contributed by atoms with Gasteiger partial charge in [-0.15, -0.1) is 0 Å². The number of benzene rings is 3. The zero-order valence-corrected chi connectivity index (χ0v) is 23.3. The van der Waals surface area contributed by atoms with Gasteiger partial charge in [-0.2, -0.15) is 0 Å². The van der Waals surface area contributed by atoms with Crippen molar-refractivity contribution in [1.29, 1.82) is 0 Å². The van der Waals surface area contributed by atoms with E-state index in [1.54, 1.807) is 11.0 Å². The highest BCUT2D eigenvalue weighted by atomic mass is 16.4. The molecule has 3 aromatic rings. The summed E-state index contributed by atoms with van der Waals surface area (Å²) in [5, 5.41) is 14.4. The number of hydrogen-bond donors (Lipinski definition) is 3. The molecule has 1 atom stereocenters. The molecule has 3 N–H and O–H groups in total. The SMILES string of the molecule is CC(=O)N/C(=C\c1ccc(CC(=O)O)c(C=O)c1)C(=O)N[C@@H]1CCCCN(Cc2ccc(-c3ccccc3)cc2)C1=O. The standard InChI is InChI=1S/C33H33N3O6/c1-22(38)34-30(18-24-12-15-27(19-31(39)40)28(17-24)21-37)32(41)35-29-9-5-6-16-36(33(29)42)20-23-10-13-26(14-11-23)25-7-3-2-4-8-25/h2-4,7-8,10-15,17-18,21,29H,5-6,9,16,19-20H2,1H3,(H,34,38)(H,35,41)(H,39,40)/b30-18-/t29-/m1/s1. The Bertz CT molecular complexity index is 1500. The minimum atomic E-state index is -1.08. The topological polar surface area (TPSA) is 133 Å². The van der Waals surface area contributed by atoms with E-state index < -0.39 is 23.8 Å². The summed E-state index contributed by atoms with van der Waals surface area (Å²) < 4.78 is 0. The number of likely N-dealkylation sites (tertiary alicyclic amines) is 1. The second kappa shape index (κ2) is 14.0. The normalized spacial score (nSPS) is 15.5. The number of aldehydes is 1. The third-order valence-corrected chi connectivity index (χ3v) is 7.03. The predicted octanol–water partition coefficient (Wildman–Crippen LogP) is 3.97. The van der Waals surface area contributed by atoms with E-state index >= 15 is 0 Å². The monoisotopic (exact) mass is 567 g/mol. The third kappa shape index (κ3) is 8.00. The van der Waals surface area contributed by atoms with Crippen molar-refractivity contribution in [3.8, 4) is 11.1 Å². The lowest BCUT2D eigenvalue weighted by Gasteiger charge is -2.25. The Morgan fingerprint density at radius 2 is 1.69 bits per heavy atom. The van der Waals surface area contributed by atoms with Crippen LogP contribution in [0.4, 0.5) is 0 Å². The number of aliphatic carboxylic acids is 1. The summed E-state index contributed by atoms with van der Waals surface area (Å²) in [6.07, 6.45) is 3.61. The number of amides is 3. The second-order valence-corrected chi connectivity index (χ2v) is 10.2. The fourth-order valence-corrected chi connectivity index (χ4v) is 4.94. The Morgan fingerprint density at radius 3 is 2.36 bits per heavy atom. The van der Waals surface area contributed by atoms with Gasteiger partial charge in [0.2, 0.25) is 11.8 Å². The lowest BCUT2D eigenvalue weighted by molar-refractivity contribution is -0.136. The van der Waals surface area contributed by atoms with E-state index in [1.165, 1.54) is 25.1 Å². The molecule has 4 rings (SSSR count). The van der Waals surface area contributed by atoms with Crippen molar-refractivity contribution < 1.29 is 29.1 Å². The van der Waals surface area contributed by atoms with Crippen molar-refractivity contribution in [3.05, 3.63) is 101 Å². The summed E-state index contributed by atoms with van der Waals surface area (Å²) >= 11 is 0. The van der Waals surface area contributed by atoms with E-state index in [1.807, 2.05) is 54.6 Å². The second-order valence-electron chi connectivity index (χ2n) is 10.2. The molecule has 42 heavy (non-hydrogen) atoms. The van der Waals surface area contributed by atoms with Crippen molar-refractivity contribution in [3.63, 3.8) is 0 Å². The van der Waals surface area contributed by atoms with Gasteiger partial charge in [0.05, 0.1) is 6.42 Å². The molecule has 1 saturated heterocycles. The van der Waals surface area contributed by atoms with E-state index in [2.05, 4.69) is 10.6 Å². The summed E-state index contributed by atoms with van der Waals surface area (Å²) in [6, 6.07) is 21.8. The smallest absolute Gasteiger partial charge is 0.307 e. The van der Waals surface area contributed by atoms with Crippen LogP contribution in [0.3, 0.4) is 0 Å². The van der Waals surface area contributed by atoms with Crippen molar-refractivity contribution in [1.82, 2.24) is 15.5 Å². The molecule has 0 aromatic heterocycles. The van der Waals surface area contributed by atoms with Crippen LogP contribution in [-0.2, 0) is 32.1 Å². The summed E-state index contributed by atoms with van der Waals surface area (Å²) in [7, 11) is 0. The Morgan fingerprint density at radius 1 is 0.976 bits per heavy atom. The zero-order chi connectivity index (χ0) is 30.1. The van der Waals surface area contributed by atoms with Gasteiger partial charge in [0.15, 0.2) is 0 Å². The minimum Gasteiger partial charge on any atom is -0.481 e. The van der Waals surface area contributed by atoms with Gasteiger partial charge in [-0.05, 0) is 59.2 Å². The number of carbonyl (C=O) groups is 5. The van der Waals surface area contributed by atoms with Gasteiger partial charge in [0.1, 0.15) is 18.0 Å². The Balaban J connectivity index is 1.49. The maximum Gasteiger partial charge on any atom is 0.307 e. The Labute approximate surface area is 244 Å². The van der Waals surface area contributed by atoms with E-state index in [0.29, 0.717) is 36.9 Å². The summed E-state index contributed by atoms with van der Waals surface area (Å²) in [4.78, 5) is 63.1. The first-order valence-corrected chi connectivity index (χ1v) is 13.8. The van der Waals surface area contributed by atoms with Crippen LogP contribution in [0.5, 0.6) is 0 Å². The fraction of sp³-hybridized carbons (Fsp3) is 0.242. The van der Waals surface area contributed by atoms with Crippen molar-refractivity contribution in [2.45, 2.75) is 45.2 Å². The van der Waals surface area contributed by atoms with Gasteiger partial charge >= 0.3 is 5.97 Å². The van der Waals surface area contributed by atoms with Gasteiger partial charge in [-0.1, -0.05) is 66.7 Å². The number of carboxylic acid groups (broad SMARTS) is 1. The summed E-state index contributed by atoms with van der Waals surface area (Å²) in [5.74, 6) is -2.40. The molecule has 0 radical (unpaired) electrons. The van der Waals surface area contributed by atoms with Crippen LogP contribution in [0.15, 0.2) is 78.5 Å². The molecule has 0 unspecified atom stereocenters. The van der Waals surface area contributed by atoms with Crippen molar-refractivity contribution in [2.75, 3.05) is 6.54 Å². The molecular formula is C33H33N3O6. The molecule has 1 fully saturated rings. The number of nitrogens with zero attached hydrogens (tertiary/aromatic N) is 1. The largest absolute Gasteiger partial charge is 0.481 e. The number of rotatable bonds is 10. The first-order chi connectivity index (χ1) is 20.2. The molecule has 216 valence electrons. The number of carbonyl (C=O) groups excluding carboxylic acids is 4. The highest BCUT2D eigenvalue weighted by Gasteiger charge is 2.29. The van der Waals surface area contributed by atoms with Gasteiger partial charge in [0, 0.05) is 25.6 Å². The number of nitrogens with one attached hydrogen (secondary N) is 2. The van der Waals surface area contributed by atoms with Crippen molar-refractivity contribution in [2.24, 2.45) is 0 Å². The lowest BCUT2D eigenvalue weighted by atomic mass is 10.0. The highest BCUT2D eigenvalue weighted by molar-refractivity contribution is 6.03. The van der Waals surface area contributed by atoms with Gasteiger partial charge in [0.25, 0.3) is 5.91 Å². The molecule has 1 aliphatic heterocycles. The summed E-state index contributed by atoms with van der Waals surface area (Å²) in [6.45, 7) is 2.23. The molecule has 0 bridgehead atoms. The maximum absolute atomic E-state index is 13.5. The first kappa shape index (κ1) is 29.9. The molecular weight excluding hydrogens is 534 g/mol. The van der Waals surface area contributed by atoms with E-state index in [9.17, 15) is 24.0 Å². The van der Waals surface area contributed by atoms with Crippen LogP contribution in [0, 0.1) is 0 Å². The quantitative estimate of drug-likeness (QED) is 0.251. The average Bonchev–Trinajstić information content (AvgIpc) is 3.14. The molecule has 9 nitrogen and oxygen atoms in total. The third-order valence-electron chi connectivity index (χ3n) is 7.03. The van der Waals surface area contributed by atoms with Crippen LogP contribution in [0.25, 0.3) is 17.2 Å². The molecule has 1 aliphatic rings. The van der Waals surface area contributed by atoms with Crippen LogP contribution >= 0.6 is 0 Å². The summed E-state index contributed by atoms with van der Waals surface area (Å²) in [5.41, 5.74) is 3.99. The molecule has 0 saturated carbocycles. The molecule has 9 heteroatoms. The lowest BCUT2D eigenvalue weighted by Crippen LogP contribution is -2.48. The molecule has 0 spiro atoms. The molecule has 3 aromatic carbocycles. The van der Waals surface area contributed by atoms with Crippen molar-refractivity contribution >= 4 is 36.1 Å².